The van der Waals surface area contributed by atoms with Gasteiger partial charge < -0.3 is 20.9 Å². The van der Waals surface area contributed by atoms with Crippen LogP contribution >= 0.6 is 24.8 Å². The number of carbonyl (C=O) groups is 1. The Bertz CT molecular complexity index is 385. The summed E-state index contributed by atoms with van der Waals surface area (Å²) in [6.07, 6.45) is 6.59. The van der Waals surface area contributed by atoms with Gasteiger partial charge in [0.1, 0.15) is 0 Å². The molecule has 5 nitrogen and oxygen atoms in total. The third-order valence-electron chi connectivity index (χ3n) is 5.71. The van der Waals surface area contributed by atoms with Gasteiger partial charge in [-0.2, -0.15) is 0 Å². The van der Waals surface area contributed by atoms with Crippen LogP contribution < -0.4 is 11.1 Å². The largest absolute Gasteiger partial charge is 0.356 e. The SMILES string of the molecule is CN(C)CCN1CCC(CNC(=O)C2CCCCC2(C)N)CC1.Cl.Cl. The van der Waals surface area contributed by atoms with Crippen molar-refractivity contribution in [3.63, 3.8) is 0 Å². The van der Waals surface area contributed by atoms with Crippen LogP contribution in [0.2, 0.25) is 0 Å². The standard InChI is InChI=1S/C18H36N4O.2ClH/c1-18(19)9-5-4-6-16(18)17(23)20-14-15-7-10-22(11-8-15)13-12-21(2)3;;/h15-16H,4-14,19H2,1-3H3,(H,20,23);2*1H. The summed E-state index contributed by atoms with van der Waals surface area (Å²) in [7, 11) is 4.25. The molecule has 1 amide bonds. The van der Waals surface area contributed by atoms with Crippen molar-refractivity contribution >= 4 is 30.7 Å². The zero-order valence-electron chi connectivity index (χ0n) is 16.1. The van der Waals surface area contributed by atoms with E-state index in [9.17, 15) is 4.79 Å². The fourth-order valence-corrected chi connectivity index (χ4v) is 3.91. The Labute approximate surface area is 166 Å². The predicted molar refractivity (Wildman–Crippen MR) is 110 cm³/mol. The number of nitrogens with one attached hydrogen (secondary N) is 1. The van der Waals surface area contributed by atoms with Gasteiger partial charge in [0.05, 0.1) is 5.92 Å². The van der Waals surface area contributed by atoms with E-state index in [2.05, 4.69) is 29.2 Å². The molecule has 1 saturated heterocycles. The highest BCUT2D eigenvalue weighted by Crippen LogP contribution is 2.31. The van der Waals surface area contributed by atoms with E-state index in [1.54, 1.807) is 0 Å². The first-order valence-corrected chi connectivity index (χ1v) is 9.32. The van der Waals surface area contributed by atoms with Crippen LogP contribution in [-0.4, -0.2) is 68.1 Å². The van der Waals surface area contributed by atoms with Gasteiger partial charge in [0, 0.05) is 25.2 Å². The summed E-state index contributed by atoms with van der Waals surface area (Å²) < 4.78 is 0. The van der Waals surface area contributed by atoms with Crippen molar-refractivity contribution in [3.8, 4) is 0 Å². The fourth-order valence-electron chi connectivity index (χ4n) is 3.91. The molecule has 0 aromatic rings. The van der Waals surface area contributed by atoms with E-state index in [-0.39, 0.29) is 42.2 Å². The van der Waals surface area contributed by atoms with Crippen LogP contribution in [0.5, 0.6) is 0 Å². The van der Waals surface area contributed by atoms with Crippen LogP contribution in [0.1, 0.15) is 45.4 Å². The Kier molecular flexibility index (Phi) is 11.6. The molecule has 7 heteroatoms. The van der Waals surface area contributed by atoms with E-state index in [0.717, 1.165) is 58.4 Å². The van der Waals surface area contributed by atoms with Gasteiger partial charge in [0.2, 0.25) is 5.91 Å². The topological polar surface area (TPSA) is 61.6 Å². The van der Waals surface area contributed by atoms with Crippen LogP contribution in [0.15, 0.2) is 0 Å². The lowest BCUT2D eigenvalue weighted by molar-refractivity contribution is -0.128. The Morgan fingerprint density at radius 1 is 1.20 bits per heavy atom. The molecule has 150 valence electrons. The molecular weight excluding hydrogens is 359 g/mol. The molecule has 2 fully saturated rings. The first-order chi connectivity index (χ1) is 10.9. The summed E-state index contributed by atoms with van der Waals surface area (Å²) in [5, 5.41) is 3.20. The number of piperidine rings is 1. The van der Waals surface area contributed by atoms with Crippen molar-refractivity contribution in [2.75, 3.05) is 46.8 Å². The molecule has 1 saturated carbocycles. The van der Waals surface area contributed by atoms with Crippen LogP contribution in [0.25, 0.3) is 0 Å². The first-order valence-electron chi connectivity index (χ1n) is 9.32. The summed E-state index contributed by atoms with van der Waals surface area (Å²) in [4.78, 5) is 17.3. The van der Waals surface area contributed by atoms with E-state index < -0.39 is 0 Å². The van der Waals surface area contributed by atoms with E-state index in [1.165, 1.54) is 12.8 Å². The minimum atomic E-state index is -0.322. The Balaban J connectivity index is 0.00000288. The minimum absolute atomic E-state index is 0. The monoisotopic (exact) mass is 396 g/mol. The summed E-state index contributed by atoms with van der Waals surface area (Å²) in [5.74, 6) is 0.809. The molecule has 3 N–H and O–H groups in total. The highest BCUT2D eigenvalue weighted by Gasteiger charge is 2.37. The van der Waals surface area contributed by atoms with E-state index in [1.807, 2.05) is 6.92 Å². The average molecular weight is 397 g/mol. The van der Waals surface area contributed by atoms with Crippen molar-refractivity contribution in [1.29, 1.82) is 0 Å². The third kappa shape index (κ3) is 8.00. The molecule has 2 atom stereocenters. The molecule has 2 unspecified atom stereocenters. The lowest BCUT2D eigenvalue weighted by Crippen LogP contribution is -2.53. The molecule has 1 aliphatic heterocycles. The lowest BCUT2D eigenvalue weighted by Gasteiger charge is -2.38. The molecule has 0 spiro atoms. The van der Waals surface area contributed by atoms with Crippen LogP contribution in [-0.2, 0) is 4.79 Å². The van der Waals surface area contributed by atoms with Gasteiger partial charge in [-0.3, -0.25) is 4.79 Å². The zero-order chi connectivity index (χ0) is 16.9. The smallest absolute Gasteiger partial charge is 0.224 e. The van der Waals surface area contributed by atoms with E-state index >= 15 is 0 Å². The number of hydrogen-bond acceptors (Lipinski definition) is 4. The maximum Gasteiger partial charge on any atom is 0.224 e. The van der Waals surface area contributed by atoms with Crippen molar-refractivity contribution in [2.24, 2.45) is 17.6 Å². The summed E-state index contributed by atoms with van der Waals surface area (Å²) in [5.41, 5.74) is 6.01. The Morgan fingerprint density at radius 3 is 2.40 bits per heavy atom. The predicted octanol–water partition coefficient (Wildman–Crippen LogP) is 2.13. The first kappa shape index (κ1) is 24.9. The molecule has 2 rings (SSSR count). The van der Waals surface area contributed by atoms with Gasteiger partial charge >= 0.3 is 0 Å². The molecule has 0 aromatic carbocycles. The molecule has 0 aromatic heterocycles. The summed E-state index contributed by atoms with van der Waals surface area (Å²) in [6, 6.07) is 0. The van der Waals surface area contributed by atoms with E-state index in [0.29, 0.717) is 5.92 Å². The summed E-state index contributed by atoms with van der Waals surface area (Å²) >= 11 is 0. The molecule has 2 aliphatic rings. The number of likely N-dealkylation sites (tertiary alicyclic amines) is 1. The second kappa shape index (κ2) is 11.6. The van der Waals surface area contributed by atoms with E-state index in [4.69, 9.17) is 5.73 Å². The average Bonchev–Trinajstić information content (AvgIpc) is 2.51. The highest BCUT2D eigenvalue weighted by molar-refractivity contribution is 5.85. The van der Waals surface area contributed by atoms with Gasteiger partial charge in [-0.1, -0.05) is 12.8 Å². The van der Waals surface area contributed by atoms with Crippen LogP contribution in [0, 0.1) is 11.8 Å². The molecular formula is C18H38Cl2N4O. The highest BCUT2D eigenvalue weighted by atomic mass is 35.5. The van der Waals surface area contributed by atoms with Crippen LogP contribution in [0.4, 0.5) is 0 Å². The number of nitrogens with two attached hydrogens (primary N) is 1. The van der Waals surface area contributed by atoms with Gasteiger partial charge in [-0.05, 0) is 65.7 Å². The number of likely N-dealkylation sites (N-methyl/N-ethyl adjacent to an activating group) is 1. The number of carbonyl (C=O) groups excluding carboxylic acids is 1. The van der Waals surface area contributed by atoms with Crippen LogP contribution in [0.3, 0.4) is 0 Å². The molecule has 25 heavy (non-hydrogen) atoms. The molecule has 1 aliphatic carbocycles. The second-order valence-corrected chi connectivity index (χ2v) is 8.14. The Morgan fingerprint density at radius 2 is 1.84 bits per heavy atom. The normalized spacial score (nSPS) is 28.1. The number of halogens is 2. The molecule has 0 radical (unpaired) electrons. The number of nitrogens with zero attached hydrogens (tertiary/aromatic N) is 2. The zero-order valence-corrected chi connectivity index (χ0v) is 17.8. The van der Waals surface area contributed by atoms with Gasteiger partial charge in [0.25, 0.3) is 0 Å². The van der Waals surface area contributed by atoms with Crippen molar-refractivity contribution in [1.82, 2.24) is 15.1 Å². The maximum atomic E-state index is 12.5. The van der Waals surface area contributed by atoms with Gasteiger partial charge in [-0.25, -0.2) is 0 Å². The van der Waals surface area contributed by atoms with Crippen molar-refractivity contribution in [3.05, 3.63) is 0 Å². The van der Waals surface area contributed by atoms with Gasteiger partial charge in [0.15, 0.2) is 0 Å². The fraction of sp³-hybridized carbons (Fsp3) is 0.944. The lowest BCUT2D eigenvalue weighted by atomic mass is 9.74. The Hall–Kier alpha value is -0.0700. The molecule has 0 bridgehead atoms. The van der Waals surface area contributed by atoms with Crippen molar-refractivity contribution < 1.29 is 4.79 Å². The van der Waals surface area contributed by atoms with Crippen molar-refractivity contribution in [2.45, 2.75) is 51.0 Å². The summed E-state index contributed by atoms with van der Waals surface area (Å²) in [6.45, 7) is 7.46. The molecule has 1 heterocycles. The minimum Gasteiger partial charge on any atom is -0.356 e. The third-order valence-corrected chi connectivity index (χ3v) is 5.71. The number of amides is 1. The maximum absolute atomic E-state index is 12.5. The number of rotatable bonds is 6. The van der Waals surface area contributed by atoms with Gasteiger partial charge in [-0.15, -0.1) is 24.8 Å². The second-order valence-electron chi connectivity index (χ2n) is 8.14. The number of hydrogen-bond donors (Lipinski definition) is 2. The quantitative estimate of drug-likeness (QED) is 0.721.